The molecule has 1 aromatic carbocycles. The fraction of sp³-hybridized carbons (Fsp3) is 0.174. The second-order valence-electron chi connectivity index (χ2n) is 8.07. The fourth-order valence-corrected chi connectivity index (χ4v) is 5.33. The average Bonchev–Trinajstić information content (AvgIpc) is 3.63. The van der Waals surface area contributed by atoms with Crippen molar-refractivity contribution in [1.82, 2.24) is 15.2 Å². The lowest BCUT2D eigenvalue weighted by Crippen LogP contribution is -2.62. The summed E-state index contributed by atoms with van der Waals surface area (Å²) in [6, 6.07) is 9.74. The third-order valence-electron chi connectivity index (χ3n) is 6.01. The van der Waals surface area contributed by atoms with Gasteiger partial charge in [0.25, 0.3) is 6.20 Å². The highest BCUT2D eigenvalue weighted by molar-refractivity contribution is 7.21. The van der Waals surface area contributed by atoms with Crippen molar-refractivity contribution in [2.75, 3.05) is 42.8 Å². The molecule has 13 heteroatoms. The predicted molar refractivity (Wildman–Crippen MR) is 132 cm³/mol. The molecule has 0 unspecified atom stereocenters. The summed E-state index contributed by atoms with van der Waals surface area (Å²) in [6.45, 7) is 2.42. The molecule has 0 amide bonds. The van der Waals surface area contributed by atoms with E-state index in [-0.39, 0.29) is 27.8 Å². The van der Waals surface area contributed by atoms with Crippen molar-refractivity contribution < 1.29 is 19.2 Å². The van der Waals surface area contributed by atoms with Crippen molar-refractivity contribution in [3.63, 3.8) is 0 Å². The number of thiophene rings is 1. The first-order valence-corrected chi connectivity index (χ1v) is 11.8. The number of nitrogen functional groups attached to an aromatic ring is 2. The van der Waals surface area contributed by atoms with E-state index in [4.69, 9.17) is 20.7 Å². The molecule has 5 heterocycles. The zero-order valence-corrected chi connectivity index (χ0v) is 19.6. The quantitative estimate of drug-likeness (QED) is 0.185. The lowest BCUT2D eigenvalue weighted by atomic mass is 9.94. The number of nitrogens with zero attached hydrogens (tertiary/aromatic N) is 6. The summed E-state index contributed by atoms with van der Waals surface area (Å²) in [5, 5.41) is 30.3. The fourth-order valence-electron chi connectivity index (χ4n) is 4.34. The van der Waals surface area contributed by atoms with Crippen LogP contribution in [0.4, 0.5) is 17.4 Å². The molecule has 0 radical (unpaired) electrons. The van der Waals surface area contributed by atoms with Gasteiger partial charge in [-0.15, -0.1) is 16.3 Å². The summed E-state index contributed by atoms with van der Waals surface area (Å²) in [5.41, 5.74) is 15.2. The molecule has 0 spiro atoms. The Labute approximate surface area is 207 Å². The van der Waals surface area contributed by atoms with Crippen LogP contribution in [0.2, 0.25) is 0 Å². The zero-order chi connectivity index (χ0) is 24.8. The smallest absolute Gasteiger partial charge is 0.324 e. The number of aliphatic imine (C=N–C) groups is 1. The topological polar surface area (TPSA) is 182 Å². The van der Waals surface area contributed by atoms with E-state index in [1.165, 1.54) is 11.0 Å². The van der Waals surface area contributed by atoms with E-state index in [1.54, 1.807) is 0 Å². The van der Waals surface area contributed by atoms with E-state index >= 15 is 0 Å². The molecular weight excluding hydrogens is 482 g/mol. The molecule has 5 N–H and O–H groups in total. The van der Waals surface area contributed by atoms with Crippen LogP contribution in [-0.4, -0.2) is 47.4 Å². The molecular formula is C23H19N9O3S. The molecule has 0 bridgehead atoms. The Balaban J connectivity index is 1.48. The van der Waals surface area contributed by atoms with Gasteiger partial charge in [-0.05, 0) is 17.7 Å². The molecule has 1 saturated heterocycles. The number of fused-ring (bicyclic) bond motifs is 2. The average molecular weight is 502 g/mol. The molecule has 6 rings (SSSR count). The highest BCUT2D eigenvalue weighted by Crippen LogP contribution is 2.44. The maximum atomic E-state index is 13.2. The van der Waals surface area contributed by atoms with Gasteiger partial charge in [0.05, 0.1) is 41.7 Å². The van der Waals surface area contributed by atoms with Crippen molar-refractivity contribution >= 4 is 55.7 Å². The van der Waals surface area contributed by atoms with Crippen molar-refractivity contribution in [3.05, 3.63) is 47.1 Å². The minimum absolute atomic E-state index is 0.0332. The van der Waals surface area contributed by atoms with Gasteiger partial charge in [-0.2, -0.15) is 5.26 Å². The number of benzene rings is 1. The molecule has 36 heavy (non-hydrogen) atoms. The lowest BCUT2D eigenvalue weighted by molar-refractivity contribution is -0.759. The number of nitrogens with two attached hydrogens (primary N) is 2. The van der Waals surface area contributed by atoms with Gasteiger partial charge in [-0.1, -0.05) is 12.1 Å². The minimum atomic E-state index is -0.608. The first-order chi connectivity index (χ1) is 17.5. The van der Waals surface area contributed by atoms with Crippen LogP contribution in [-0.2, 0) is 4.74 Å². The van der Waals surface area contributed by atoms with Gasteiger partial charge in [-0.25, -0.2) is 9.98 Å². The highest BCUT2D eigenvalue weighted by atomic mass is 32.1. The number of hydrogen-bond donors (Lipinski definition) is 3. The van der Waals surface area contributed by atoms with Crippen molar-refractivity contribution in [2.45, 2.75) is 0 Å². The molecule has 12 nitrogen and oxygen atoms in total. The van der Waals surface area contributed by atoms with E-state index in [1.807, 2.05) is 35.5 Å². The van der Waals surface area contributed by atoms with Crippen LogP contribution in [0, 0.1) is 11.3 Å². The van der Waals surface area contributed by atoms with Gasteiger partial charge in [0.15, 0.2) is 0 Å². The summed E-state index contributed by atoms with van der Waals surface area (Å²) in [6.07, 6.45) is 3.34. The van der Waals surface area contributed by atoms with Gasteiger partial charge in [-0.3, -0.25) is 4.52 Å². The van der Waals surface area contributed by atoms with Crippen molar-refractivity contribution in [2.24, 2.45) is 4.99 Å². The number of ether oxygens (including phenoxy) is 1. The molecule has 1 fully saturated rings. The number of anilines is 2. The number of pyridine rings is 1. The number of aromatic nitrogens is 4. The van der Waals surface area contributed by atoms with Crippen molar-refractivity contribution in [1.29, 1.82) is 5.26 Å². The Hall–Kier alpha value is -4.67. The third kappa shape index (κ3) is 3.47. The minimum Gasteiger partial charge on any atom is -0.857 e. The maximum Gasteiger partial charge on any atom is 0.324 e. The van der Waals surface area contributed by atoms with E-state index in [0.29, 0.717) is 42.1 Å². The van der Waals surface area contributed by atoms with Crippen molar-refractivity contribution in [3.8, 4) is 17.2 Å². The van der Waals surface area contributed by atoms with E-state index in [2.05, 4.69) is 26.3 Å². The first-order valence-electron chi connectivity index (χ1n) is 11.0. The Kier molecular flexibility index (Phi) is 5.17. The van der Waals surface area contributed by atoms with E-state index in [0.717, 1.165) is 27.8 Å². The molecule has 4 aromatic heterocycles. The highest BCUT2D eigenvalue weighted by Gasteiger charge is 2.25. The van der Waals surface area contributed by atoms with E-state index in [9.17, 15) is 10.4 Å². The number of nitriles is 1. The normalized spacial score (nSPS) is 14.5. The number of H-pyrrole nitrogens is 1. The Morgan fingerprint density at radius 1 is 1.28 bits per heavy atom. The Morgan fingerprint density at radius 3 is 2.92 bits per heavy atom. The Bertz CT molecular complexity index is 1690. The second kappa shape index (κ2) is 8.52. The molecule has 1 aliphatic rings. The number of rotatable bonds is 4. The number of morpholine rings is 1. The standard InChI is InChI=1S/C23H19N9O3S/c24-10-14-17(13-2-1-3-15-12(13)4-5-27-15)18-19(25)20(36-23(18)29-21(14)26)22(33)28-16-11-32(30-35-16)31-6-8-34-9-7-31/h1-5,11H,6-9H2,(H5-,25,26,27,28,29,30,33). The van der Waals surface area contributed by atoms with Crippen LogP contribution in [0.5, 0.6) is 0 Å². The summed E-state index contributed by atoms with van der Waals surface area (Å²) >= 11 is 1.06. The van der Waals surface area contributed by atoms with Crippen LogP contribution < -0.4 is 26.4 Å². The summed E-state index contributed by atoms with van der Waals surface area (Å²) in [5.74, 6) is -0.513. The SMILES string of the molecule is N#Cc1c(N)nc2sc(/C([O-])=N/c3c[n+](N4CCOCC4)no3)c(N)c2c1-c1cccc2[nH]ccc12. The molecule has 0 aliphatic carbocycles. The van der Waals surface area contributed by atoms with Crippen LogP contribution >= 0.6 is 11.3 Å². The van der Waals surface area contributed by atoms with Gasteiger partial charge in [0, 0.05) is 33.9 Å². The molecule has 5 aromatic rings. The largest absolute Gasteiger partial charge is 0.857 e. The van der Waals surface area contributed by atoms with Crippen LogP contribution in [0.1, 0.15) is 10.4 Å². The molecule has 0 saturated carbocycles. The van der Waals surface area contributed by atoms with Gasteiger partial charge >= 0.3 is 5.88 Å². The second-order valence-corrected chi connectivity index (χ2v) is 9.07. The van der Waals surface area contributed by atoms with Gasteiger partial charge in [0.1, 0.15) is 22.3 Å². The summed E-state index contributed by atoms with van der Waals surface area (Å²) < 4.78 is 10.6. The maximum absolute atomic E-state index is 13.2. The summed E-state index contributed by atoms with van der Waals surface area (Å²) in [7, 11) is 0. The lowest BCUT2D eigenvalue weighted by Gasteiger charge is -2.18. The van der Waals surface area contributed by atoms with Crippen LogP contribution in [0.3, 0.4) is 0 Å². The number of nitrogens with one attached hydrogen (secondary N) is 1. The first kappa shape index (κ1) is 21.8. The van der Waals surface area contributed by atoms with Gasteiger partial charge in [0.2, 0.25) is 5.27 Å². The monoisotopic (exact) mass is 501 g/mol. The zero-order valence-electron chi connectivity index (χ0n) is 18.8. The van der Waals surface area contributed by atoms with E-state index < -0.39 is 5.90 Å². The van der Waals surface area contributed by atoms with Gasteiger partial charge < -0.3 is 26.3 Å². The summed E-state index contributed by atoms with van der Waals surface area (Å²) in [4.78, 5) is 13.7. The third-order valence-corrected chi connectivity index (χ3v) is 7.10. The molecule has 1 aliphatic heterocycles. The molecule has 180 valence electrons. The van der Waals surface area contributed by atoms with Crippen LogP contribution in [0.25, 0.3) is 32.2 Å². The Morgan fingerprint density at radius 2 is 2.11 bits per heavy atom. The predicted octanol–water partition coefficient (Wildman–Crippen LogP) is 1.16. The number of hydrogen-bond acceptors (Lipinski definition) is 11. The number of aromatic amines is 1. The van der Waals surface area contributed by atoms with Crippen LogP contribution in [0.15, 0.2) is 46.2 Å². The molecule has 0 atom stereocenters.